The Morgan fingerprint density at radius 1 is 1.29 bits per heavy atom. The normalized spacial score (nSPS) is 11.4. The van der Waals surface area contributed by atoms with Gasteiger partial charge in [-0.3, -0.25) is 0 Å². The molecule has 2 aromatic heterocycles. The summed E-state index contributed by atoms with van der Waals surface area (Å²) in [4.78, 5) is 8.12. The Bertz CT molecular complexity index is 576. The van der Waals surface area contributed by atoms with Gasteiger partial charge in [-0.2, -0.15) is 4.98 Å². The largest absolute Gasteiger partial charge is 0.470 e. The second-order valence-corrected chi connectivity index (χ2v) is 6.90. The molecule has 0 aliphatic heterocycles. The van der Waals surface area contributed by atoms with Crippen molar-refractivity contribution in [1.82, 2.24) is 4.98 Å². The van der Waals surface area contributed by atoms with E-state index in [1.165, 1.54) is 4.88 Å². The van der Waals surface area contributed by atoms with Crippen LogP contribution in [0.3, 0.4) is 0 Å². The predicted molar refractivity (Wildman–Crippen MR) is 90.1 cm³/mol. The average molecular weight is 305 g/mol. The van der Waals surface area contributed by atoms with Gasteiger partial charge in [-0.05, 0) is 51.3 Å². The molecule has 2 N–H and O–H groups in total. The van der Waals surface area contributed by atoms with E-state index in [0.717, 1.165) is 18.9 Å². The van der Waals surface area contributed by atoms with Gasteiger partial charge in [0.1, 0.15) is 11.4 Å². The molecule has 0 atom stereocenters. The third-order valence-electron chi connectivity index (χ3n) is 2.91. The van der Waals surface area contributed by atoms with E-state index in [1.54, 1.807) is 11.3 Å². The van der Waals surface area contributed by atoms with Crippen molar-refractivity contribution in [3.63, 3.8) is 0 Å². The minimum Gasteiger partial charge on any atom is -0.470 e. The number of anilines is 2. The zero-order chi connectivity index (χ0) is 15.5. The van der Waals surface area contributed by atoms with E-state index in [9.17, 15) is 0 Å². The Hall–Kier alpha value is -1.75. The summed E-state index contributed by atoms with van der Waals surface area (Å²) in [6, 6.07) is 8.01. The molecule has 2 heterocycles. The SMILES string of the molecule is CCN(Cc1cccs1)c1ccc(N)c(OC(C)(C)C)n1. The number of hydrogen-bond donors (Lipinski definition) is 1. The van der Waals surface area contributed by atoms with Crippen LogP contribution in [0, 0.1) is 0 Å². The highest BCUT2D eigenvalue weighted by atomic mass is 32.1. The molecule has 0 aliphatic carbocycles. The molecular formula is C16H23N3OS. The van der Waals surface area contributed by atoms with E-state index < -0.39 is 0 Å². The van der Waals surface area contributed by atoms with E-state index in [-0.39, 0.29) is 5.60 Å². The summed E-state index contributed by atoms with van der Waals surface area (Å²) in [5, 5.41) is 2.09. The maximum absolute atomic E-state index is 5.97. The summed E-state index contributed by atoms with van der Waals surface area (Å²) in [5.41, 5.74) is 6.23. The molecule has 0 aliphatic rings. The van der Waals surface area contributed by atoms with Gasteiger partial charge in [-0.25, -0.2) is 0 Å². The molecule has 0 saturated carbocycles. The molecule has 0 spiro atoms. The van der Waals surface area contributed by atoms with E-state index in [0.29, 0.717) is 11.6 Å². The van der Waals surface area contributed by atoms with Crippen molar-refractivity contribution in [2.45, 2.75) is 39.8 Å². The van der Waals surface area contributed by atoms with Gasteiger partial charge in [0.2, 0.25) is 5.88 Å². The van der Waals surface area contributed by atoms with Gasteiger partial charge in [-0.1, -0.05) is 6.07 Å². The Balaban J connectivity index is 2.23. The number of pyridine rings is 1. The van der Waals surface area contributed by atoms with Gasteiger partial charge >= 0.3 is 0 Å². The number of rotatable bonds is 5. The van der Waals surface area contributed by atoms with E-state index in [1.807, 2.05) is 32.9 Å². The van der Waals surface area contributed by atoms with E-state index >= 15 is 0 Å². The Morgan fingerprint density at radius 3 is 2.62 bits per heavy atom. The first-order valence-corrected chi connectivity index (χ1v) is 8.00. The molecule has 0 radical (unpaired) electrons. The fourth-order valence-corrected chi connectivity index (χ4v) is 2.65. The molecule has 0 fully saturated rings. The second kappa shape index (κ2) is 6.35. The molecule has 0 saturated heterocycles. The maximum atomic E-state index is 5.97. The second-order valence-electron chi connectivity index (χ2n) is 5.87. The fraction of sp³-hybridized carbons (Fsp3) is 0.438. The Kier molecular flexibility index (Phi) is 4.73. The van der Waals surface area contributed by atoms with Gasteiger partial charge in [0.15, 0.2) is 0 Å². The van der Waals surface area contributed by atoms with Gasteiger partial charge in [-0.15, -0.1) is 11.3 Å². The maximum Gasteiger partial charge on any atom is 0.239 e. The summed E-state index contributed by atoms with van der Waals surface area (Å²) >= 11 is 1.75. The molecule has 4 nitrogen and oxygen atoms in total. The number of aromatic nitrogens is 1. The molecule has 0 unspecified atom stereocenters. The third kappa shape index (κ3) is 4.36. The molecular weight excluding hydrogens is 282 g/mol. The van der Waals surface area contributed by atoms with Crippen LogP contribution in [0.2, 0.25) is 0 Å². The molecule has 2 aromatic rings. The number of nitrogen functional groups attached to an aromatic ring is 1. The molecule has 0 bridgehead atoms. The average Bonchev–Trinajstić information content (AvgIpc) is 2.90. The van der Waals surface area contributed by atoms with Crippen LogP contribution in [0.1, 0.15) is 32.6 Å². The number of hydrogen-bond acceptors (Lipinski definition) is 5. The van der Waals surface area contributed by atoms with Crippen molar-refractivity contribution in [3.05, 3.63) is 34.5 Å². The first-order chi connectivity index (χ1) is 9.89. The van der Waals surface area contributed by atoms with Crippen molar-refractivity contribution >= 4 is 22.8 Å². The minimum absolute atomic E-state index is 0.315. The standard InChI is InChI=1S/C16H23N3OS/c1-5-19(11-12-7-6-10-21-12)14-9-8-13(17)15(18-14)20-16(2,3)4/h6-10H,5,11,17H2,1-4H3. The topological polar surface area (TPSA) is 51.4 Å². The van der Waals surface area contributed by atoms with Gasteiger partial charge in [0, 0.05) is 11.4 Å². The van der Waals surface area contributed by atoms with Crippen LogP contribution in [0.5, 0.6) is 5.88 Å². The lowest BCUT2D eigenvalue weighted by Gasteiger charge is -2.25. The van der Waals surface area contributed by atoms with Crippen molar-refractivity contribution in [3.8, 4) is 5.88 Å². The Morgan fingerprint density at radius 2 is 2.05 bits per heavy atom. The zero-order valence-corrected chi connectivity index (χ0v) is 13.9. The first kappa shape index (κ1) is 15.6. The highest BCUT2D eigenvalue weighted by Crippen LogP contribution is 2.27. The highest BCUT2D eigenvalue weighted by molar-refractivity contribution is 7.09. The number of nitrogens with zero attached hydrogens (tertiary/aromatic N) is 2. The Labute approximate surface area is 130 Å². The number of thiophene rings is 1. The van der Waals surface area contributed by atoms with E-state index in [4.69, 9.17) is 10.5 Å². The molecule has 21 heavy (non-hydrogen) atoms. The van der Waals surface area contributed by atoms with Crippen LogP contribution >= 0.6 is 11.3 Å². The third-order valence-corrected chi connectivity index (χ3v) is 3.77. The van der Waals surface area contributed by atoms with Crippen molar-refractivity contribution in [2.24, 2.45) is 0 Å². The van der Waals surface area contributed by atoms with Crippen LogP contribution in [-0.4, -0.2) is 17.1 Å². The lowest BCUT2D eigenvalue weighted by atomic mass is 10.2. The van der Waals surface area contributed by atoms with Crippen LogP contribution < -0.4 is 15.4 Å². The summed E-state index contributed by atoms with van der Waals surface area (Å²) in [7, 11) is 0. The number of ether oxygens (including phenoxy) is 1. The van der Waals surface area contributed by atoms with Crippen LogP contribution in [-0.2, 0) is 6.54 Å². The molecule has 114 valence electrons. The van der Waals surface area contributed by atoms with Crippen molar-refractivity contribution in [1.29, 1.82) is 0 Å². The quantitative estimate of drug-likeness (QED) is 0.909. The van der Waals surface area contributed by atoms with Crippen LogP contribution in [0.15, 0.2) is 29.6 Å². The van der Waals surface area contributed by atoms with Gasteiger partial charge < -0.3 is 15.4 Å². The summed E-state index contributed by atoms with van der Waals surface area (Å²) in [6.45, 7) is 9.82. The lowest BCUT2D eigenvalue weighted by Crippen LogP contribution is -2.26. The number of nitrogens with two attached hydrogens (primary N) is 1. The van der Waals surface area contributed by atoms with E-state index in [2.05, 4.69) is 34.3 Å². The smallest absolute Gasteiger partial charge is 0.239 e. The predicted octanol–water partition coefficient (Wildman–Crippen LogP) is 3.93. The summed E-state index contributed by atoms with van der Waals surface area (Å²) in [6.07, 6.45) is 0. The van der Waals surface area contributed by atoms with Crippen LogP contribution in [0.25, 0.3) is 0 Å². The zero-order valence-electron chi connectivity index (χ0n) is 13.1. The molecule has 5 heteroatoms. The van der Waals surface area contributed by atoms with Gasteiger partial charge in [0.25, 0.3) is 0 Å². The summed E-state index contributed by atoms with van der Waals surface area (Å²) < 4.78 is 5.84. The molecule has 0 aromatic carbocycles. The first-order valence-electron chi connectivity index (χ1n) is 7.12. The highest BCUT2D eigenvalue weighted by Gasteiger charge is 2.17. The lowest BCUT2D eigenvalue weighted by molar-refractivity contribution is 0.125. The summed E-state index contributed by atoms with van der Waals surface area (Å²) in [5.74, 6) is 1.39. The van der Waals surface area contributed by atoms with Crippen LogP contribution in [0.4, 0.5) is 11.5 Å². The van der Waals surface area contributed by atoms with Gasteiger partial charge in [0.05, 0.1) is 12.2 Å². The fourth-order valence-electron chi connectivity index (χ4n) is 1.93. The van der Waals surface area contributed by atoms with Crippen molar-refractivity contribution < 1.29 is 4.74 Å². The minimum atomic E-state index is -0.315. The van der Waals surface area contributed by atoms with Crippen molar-refractivity contribution in [2.75, 3.05) is 17.2 Å². The monoisotopic (exact) mass is 305 g/mol. The molecule has 2 rings (SSSR count). The molecule has 0 amide bonds.